The van der Waals surface area contributed by atoms with Gasteiger partial charge in [-0.15, -0.1) is 0 Å². The zero-order valence-electron chi connectivity index (χ0n) is 23.2. The summed E-state index contributed by atoms with van der Waals surface area (Å²) < 4.78 is 2.38. The number of para-hydroxylation sites is 3. The fraction of sp³-hybridized carbons (Fsp3) is 0.0769. The van der Waals surface area contributed by atoms with Crippen LogP contribution in [-0.2, 0) is 5.41 Å². The Bertz CT molecular complexity index is 2060. The molecule has 41 heavy (non-hydrogen) atoms. The van der Waals surface area contributed by atoms with Crippen LogP contribution in [0.4, 0.5) is 11.4 Å². The molecule has 0 atom stereocenters. The minimum absolute atomic E-state index is 0.0824. The zero-order valence-corrected chi connectivity index (χ0v) is 23.2. The van der Waals surface area contributed by atoms with Crippen molar-refractivity contribution in [2.24, 2.45) is 0 Å². The number of rotatable bonds is 4. The van der Waals surface area contributed by atoms with Crippen molar-refractivity contribution in [3.05, 3.63) is 151 Å². The van der Waals surface area contributed by atoms with Crippen molar-refractivity contribution in [3.63, 3.8) is 0 Å². The van der Waals surface area contributed by atoms with Crippen LogP contribution >= 0.6 is 0 Å². The van der Waals surface area contributed by atoms with Gasteiger partial charge in [0.25, 0.3) is 0 Å². The second kappa shape index (κ2) is 8.97. The molecule has 2 heteroatoms. The van der Waals surface area contributed by atoms with E-state index in [1.54, 1.807) is 0 Å². The first-order chi connectivity index (χ1) is 20.1. The lowest BCUT2D eigenvalue weighted by Gasteiger charge is -2.25. The number of anilines is 2. The number of nitrogens with one attached hydrogen (secondary N) is 1. The Kier molecular flexibility index (Phi) is 5.20. The van der Waals surface area contributed by atoms with Crippen molar-refractivity contribution in [1.29, 1.82) is 0 Å². The van der Waals surface area contributed by atoms with E-state index in [0.29, 0.717) is 0 Å². The molecule has 0 saturated heterocycles. The largest absolute Gasteiger partial charge is 0.355 e. The van der Waals surface area contributed by atoms with Crippen LogP contribution in [0.2, 0.25) is 0 Å². The lowest BCUT2D eigenvalue weighted by molar-refractivity contribution is 0.662. The number of hydrogen-bond acceptors (Lipinski definition) is 1. The Morgan fingerprint density at radius 2 is 1.10 bits per heavy atom. The van der Waals surface area contributed by atoms with Gasteiger partial charge in [-0.3, -0.25) is 0 Å². The highest BCUT2D eigenvalue weighted by Gasteiger charge is 2.37. The first kappa shape index (κ1) is 23.8. The summed E-state index contributed by atoms with van der Waals surface area (Å²) in [6.07, 6.45) is 0. The van der Waals surface area contributed by atoms with Gasteiger partial charge in [-0.2, -0.15) is 0 Å². The molecular weight excluding hydrogens is 496 g/mol. The molecule has 0 amide bonds. The molecule has 0 fully saturated rings. The summed E-state index contributed by atoms with van der Waals surface area (Å²) in [6.45, 7) is 4.67. The maximum atomic E-state index is 3.87. The predicted molar refractivity (Wildman–Crippen MR) is 174 cm³/mol. The molecule has 1 aliphatic rings. The number of benzene rings is 6. The lowest BCUT2D eigenvalue weighted by Crippen LogP contribution is -2.16. The summed E-state index contributed by atoms with van der Waals surface area (Å²) in [4.78, 5) is 0. The van der Waals surface area contributed by atoms with Gasteiger partial charge in [0.1, 0.15) is 0 Å². The minimum atomic E-state index is -0.0824. The van der Waals surface area contributed by atoms with Crippen LogP contribution in [0.3, 0.4) is 0 Å². The lowest BCUT2D eigenvalue weighted by atomic mass is 9.81. The van der Waals surface area contributed by atoms with Gasteiger partial charge in [-0.05, 0) is 64.2 Å². The van der Waals surface area contributed by atoms with Gasteiger partial charge in [0.2, 0.25) is 0 Å². The second-order valence-corrected chi connectivity index (χ2v) is 11.5. The molecule has 0 spiro atoms. The molecule has 0 bridgehead atoms. The van der Waals surface area contributed by atoms with E-state index in [1.165, 1.54) is 55.2 Å². The molecule has 1 aromatic heterocycles. The van der Waals surface area contributed by atoms with E-state index >= 15 is 0 Å². The topological polar surface area (TPSA) is 17.0 Å². The molecule has 2 nitrogen and oxygen atoms in total. The van der Waals surface area contributed by atoms with Crippen LogP contribution < -0.4 is 5.32 Å². The quantitative estimate of drug-likeness (QED) is 0.241. The van der Waals surface area contributed by atoms with Gasteiger partial charge < -0.3 is 9.88 Å². The molecular formula is C39H30N2. The SMILES string of the molecule is CC1(C)c2ccccc2-c2cccc(Nc3ccccc3-c3cccc(-n4c5ccccc5c5ccccc54)c3)c21. The van der Waals surface area contributed by atoms with E-state index in [0.717, 1.165) is 17.1 Å². The van der Waals surface area contributed by atoms with Crippen LogP contribution in [0.5, 0.6) is 0 Å². The average Bonchev–Trinajstić information content (AvgIpc) is 3.47. The number of aromatic nitrogens is 1. The Labute approximate surface area is 240 Å². The van der Waals surface area contributed by atoms with Gasteiger partial charge in [0, 0.05) is 38.8 Å². The first-order valence-electron chi connectivity index (χ1n) is 14.3. The van der Waals surface area contributed by atoms with E-state index in [1.807, 2.05) is 0 Å². The summed E-state index contributed by atoms with van der Waals surface area (Å²) in [7, 11) is 0. The van der Waals surface area contributed by atoms with Crippen LogP contribution in [-0.4, -0.2) is 4.57 Å². The maximum Gasteiger partial charge on any atom is 0.0541 e. The molecule has 1 N–H and O–H groups in total. The van der Waals surface area contributed by atoms with Crippen LogP contribution in [0.1, 0.15) is 25.0 Å². The predicted octanol–water partition coefficient (Wildman–Crippen LogP) is 10.5. The maximum absolute atomic E-state index is 3.87. The Morgan fingerprint density at radius 3 is 1.88 bits per heavy atom. The smallest absolute Gasteiger partial charge is 0.0541 e. The van der Waals surface area contributed by atoms with E-state index in [4.69, 9.17) is 0 Å². The standard InChI is InChI=1S/C39H30N2/c1-39(2)33-20-7-3-16-29(33)32-19-12-22-35(38(32)39)40-34-21-8-4-15-28(34)26-13-11-14-27(25-26)41-36-23-9-5-17-30(36)31-18-6-10-24-37(31)41/h3-25,40H,1-2H3. The third kappa shape index (κ3) is 3.57. The van der Waals surface area contributed by atoms with Gasteiger partial charge in [0.15, 0.2) is 0 Å². The van der Waals surface area contributed by atoms with Crippen LogP contribution in [0.25, 0.3) is 49.7 Å². The molecule has 8 rings (SSSR count). The van der Waals surface area contributed by atoms with Crippen molar-refractivity contribution in [2.75, 3.05) is 5.32 Å². The monoisotopic (exact) mass is 526 g/mol. The fourth-order valence-electron chi connectivity index (χ4n) is 6.95. The average molecular weight is 527 g/mol. The van der Waals surface area contributed by atoms with E-state index < -0.39 is 0 Å². The van der Waals surface area contributed by atoms with Crippen molar-refractivity contribution >= 4 is 33.2 Å². The molecule has 0 unspecified atom stereocenters. The Balaban J connectivity index is 1.25. The Hall–Kier alpha value is -5.08. The molecule has 0 saturated carbocycles. The normalized spacial score (nSPS) is 13.3. The first-order valence-corrected chi connectivity index (χ1v) is 14.3. The van der Waals surface area contributed by atoms with Gasteiger partial charge in [0.05, 0.1) is 11.0 Å². The van der Waals surface area contributed by atoms with Crippen molar-refractivity contribution in [1.82, 2.24) is 4.57 Å². The Morgan fingerprint density at radius 1 is 0.512 bits per heavy atom. The van der Waals surface area contributed by atoms with E-state index in [9.17, 15) is 0 Å². The number of nitrogens with zero attached hydrogens (tertiary/aromatic N) is 1. The minimum Gasteiger partial charge on any atom is -0.355 e. The molecule has 0 radical (unpaired) electrons. The zero-order chi connectivity index (χ0) is 27.6. The third-order valence-electron chi connectivity index (χ3n) is 8.77. The van der Waals surface area contributed by atoms with Gasteiger partial charge in [-0.25, -0.2) is 0 Å². The number of fused-ring (bicyclic) bond motifs is 6. The summed E-state index contributed by atoms with van der Waals surface area (Å²) in [5, 5.41) is 6.42. The summed E-state index contributed by atoms with van der Waals surface area (Å²) in [5.41, 5.74) is 13.5. The molecule has 0 aliphatic heterocycles. The summed E-state index contributed by atoms with van der Waals surface area (Å²) in [6, 6.07) is 50.4. The van der Waals surface area contributed by atoms with Crippen molar-refractivity contribution < 1.29 is 0 Å². The van der Waals surface area contributed by atoms with E-state index in [-0.39, 0.29) is 5.41 Å². The fourth-order valence-corrected chi connectivity index (χ4v) is 6.95. The molecule has 1 heterocycles. The third-order valence-corrected chi connectivity index (χ3v) is 8.77. The molecule has 196 valence electrons. The van der Waals surface area contributed by atoms with Crippen LogP contribution in [0.15, 0.2) is 140 Å². The summed E-state index contributed by atoms with van der Waals surface area (Å²) in [5.74, 6) is 0. The van der Waals surface area contributed by atoms with E-state index in [2.05, 4.69) is 163 Å². The number of hydrogen-bond donors (Lipinski definition) is 1. The highest BCUT2D eigenvalue weighted by molar-refractivity contribution is 6.09. The van der Waals surface area contributed by atoms with Crippen molar-refractivity contribution in [2.45, 2.75) is 19.3 Å². The highest BCUT2D eigenvalue weighted by atomic mass is 15.0. The van der Waals surface area contributed by atoms with Gasteiger partial charge >= 0.3 is 0 Å². The molecule has 6 aromatic carbocycles. The van der Waals surface area contributed by atoms with Gasteiger partial charge in [-0.1, -0.05) is 117 Å². The molecule has 1 aliphatic carbocycles. The molecule has 7 aromatic rings. The van der Waals surface area contributed by atoms with Crippen molar-refractivity contribution in [3.8, 4) is 27.9 Å². The second-order valence-electron chi connectivity index (χ2n) is 11.5. The van der Waals surface area contributed by atoms with Crippen LogP contribution in [0, 0.1) is 0 Å². The highest BCUT2D eigenvalue weighted by Crippen LogP contribution is 2.52. The summed E-state index contributed by atoms with van der Waals surface area (Å²) >= 11 is 0.